The van der Waals surface area contributed by atoms with Crippen molar-refractivity contribution in [3.8, 4) is 5.75 Å². The van der Waals surface area contributed by atoms with Crippen molar-refractivity contribution in [3.05, 3.63) is 59.0 Å². The summed E-state index contributed by atoms with van der Waals surface area (Å²) in [5.41, 5.74) is 2.33. The van der Waals surface area contributed by atoms with Crippen LogP contribution in [0.2, 0.25) is 0 Å². The Morgan fingerprint density at radius 3 is 2.33 bits per heavy atom. The molecule has 1 aromatic heterocycles. The third kappa shape index (κ3) is 5.58. The quantitative estimate of drug-likeness (QED) is 0.405. The van der Waals surface area contributed by atoms with Crippen LogP contribution in [0, 0.1) is 12.3 Å². The fourth-order valence-corrected chi connectivity index (χ4v) is 4.08. The van der Waals surface area contributed by atoms with Crippen LogP contribution in [-0.2, 0) is 15.0 Å². The third-order valence-electron chi connectivity index (χ3n) is 6.59. The molecule has 2 aromatic carbocycles. The van der Waals surface area contributed by atoms with Gasteiger partial charge >= 0.3 is 5.97 Å². The van der Waals surface area contributed by atoms with E-state index in [4.69, 9.17) is 19.2 Å². The molecule has 0 spiro atoms. The van der Waals surface area contributed by atoms with Gasteiger partial charge in [0, 0.05) is 11.0 Å². The van der Waals surface area contributed by atoms with Gasteiger partial charge in [0.1, 0.15) is 24.4 Å². The summed E-state index contributed by atoms with van der Waals surface area (Å²) in [5, 5.41) is 11.1. The van der Waals surface area contributed by atoms with Crippen molar-refractivity contribution in [2.75, 3.05) is 13.2 Å². The lowest BCUT2D eigenvalue weighted by Crippen LogP contribution is -2.29. The van der Waals surface area contributed by atoms with Gasteiger partial charge in [-0.25, -0.2) is 4.98 Å². The monoisotopic (exact) mass is 494 g/mol. The number of oxazole rings is 1. The fourth-order valence-electron chi connectivity index (χ4n) is 4.08. The molecule has 3 aromatic rings. The van der Waals surface area contributed by atoms with Gasteiger partial charge in [-0.05, 0) is 55.2 Å². The fraction of sp³-hybridized carbons (Fsp3) is 0.429. The lowest BCUT2D eigenvalue weighted by Gasteiger charge is -2.29. The number of aromatic nitrogens is 1. The number of aryl methyl sites for hydroxylation is 1. The summed E-state index contributed by atoms with van der Waals surface area (Å²) in [6.45, 7) is 11.3. The molecule has 0 saturated heterocycles. The molecular formula is C28H34N2O6. The Balaban J connectivity index is 1.92. The average Bonchev–Trinajstić information content (AvgIpc) is 3.26. The van der Waals surface area contributed by atoms with Crippen molar-refractivity contribution in [2.24, 2.45) is 5.41 Å². The van der Waals surface area contributed by atoms with Gasteiger partial charge in [-0.1, -0.05) is 46.8 Å². The Morgan fingerprint density at radius 2 is 1.75 bits per heavy atom. The number of ketones is 1. The number of amides is 1. The highest BCUT2D eigenvalue weighted by Crippen LogP contribution is 2.41. The van der Waals surface area contributed by atoms with Crippen molar-refractivity contribution in [1.82, 2.24) is 10.3 Å². The van der Waals surface area contributed by atoms with E-state index < -0.39 is 29.3 Å². The van der Waals surface area contributed by atoms with Crippen LogP contribution in [0.1, 0.15) is 74.8 Å². The molecule has 0 aliphatic rings. The minimum absolute atomic E-state index is 0.0177. The molecular weight excluding hydrogens is 460 g/mol. The van der Waals surface area contributed by atoms with Crippen LogP contribution < -0.4 is 10.1 Å². The minimum atomic E-state index is -1.12. The summed E-state index contributed by atoms with van der Waals surface area (Å²) in [4.78, 5) is 40.0. The molecule has 0 saturated carbocycles. The average molecular weight is 495 g/mol. The molecule has 0 radical (unpaired) electrons. The minimum Gasteiger partial charge on any atom is -0.486 e. The van der Waals surface area contributed by atoms with Gasteiger partial charge in [0.2, 0.25) is 5.89 Å². The maximum atomic E-state index is 12.3. The van der Waals surface area contributed by atoms with Gasteiger partial charge < -0.3 is 19.6 Å². The van der Waals surface area contributed by atoms with E-state index in [1.807, 2.05) is 45.9 Å². The van der Waals surface area contributed by atoms with Gasteiger partial charge in [-0.15, -0.1) is 0 Å². The Kier molecular flexibility index (Phi) is 7.86. The van der Waals surface area contributed by atoms with Crippen molar-refractivity contribution < 1.29 is 28.6 Å². The number of carbonyl (C=O) groups is 3. The molecule has 2 N–H and O–H groups in total. The van der Waals surface area contributed by atoms with E-state index >= 15 is 0 Å². The number of nitrogens with one attached hydrogen (secondary N) is 1. The largest absolute Gasteiger partial charge is 0.486 e. The third-order valence-corrected chi connectivity index (χ3v) is 6.59. The van der Waals surface area contributed by atoms with E-state index in [0.717, 1.165) is 24.0 Å². The summed E-state index contributed by atoms with van der Waals surface area (Å²) in [7, 11) is 0. The molecule has 0 fully saturated rings. The van der Waals surface area contributed by atoms with E-state index in [1.54, 1.807) is 18.2 Å². The zero-order chi connectivity index (χ0) is 26.7. The maximum Gasteiger partial charge on any atom is 0.322 e. The van der Waals surface area contributed by atoms with Crippen LogP contribution in [0.3, 0.4) is 0 Å². The number of hydrogen-bond acceptors (Lipinski definition) is 6. The first kappa shape index (κ1) is 26.9. The maximum absolute atomic E-state index is 12.3. The number of Topliss-reactive ketones (excluding diaryl/α,β-unsaturated/α-hetero) is 1. The molecule has 0 bridgehead atoms. The summed E-state index contributed by atoms with van der Waals surface area (Å²) in [6, 6.07) is 10.8. The van der Waals surface area contributed by atoms with Gasteiger partial charge in [0.25, 0.3) is 5.91 Å². The number of carboxylic acids is 1. The Labute approximate surface area is 211 Å². The molecule has 1 heterocycles. The summed E-state index contributed by atoms with van der Waals surface area (Å²) >= 11 is 0. The standard InChI is InChI=1S/C28H34N2O6/c1-7-28(8-2,19-10-12-21(17(3)13-19)35-16-23(31)27(4,5)6)26-30-20-11-9-18(14-22(20)36-26)25(34)29-15-24(32)33/h9-14H,7-8,15-16H2,1-6H3,(H,29,34)(H,32,33). The molecule has 0 aliphatic heterocycles. The first-order valence-corrected chi connectivity index (χ1v) is 12.1. The second-order valence-corrected chi connectivity index (χ2v) is 10.0. The number of fused-ring (bicyclic) bond motifs is 1. The number of aliphatic carboxylic acids is 1. The van der Waals surface area contributed by atoms with Crippen molar-refractivity contribution in [2.45, 2.75) is 59.8 Å². The topological polar surface area (TPSA) is 119 Å². The van der Waals surface area contributed by atoms with Crippen LogP contribution in [0.25, 0.3) is 11.1 Å². The summed E-state index contributed by atoms with van der Waals surface area (Å²) in [5.74, 6) is -0.376. The predicted molar refractivity (Wildman–Crippen MR) is 136 cm³/mol. The van der Waals surface area contributed by atoms with E-state index in [1.165, 1.54) is 0 Å². The van der Waals surface area contributed by atoms with Gasteiger partial charge in [-0.2, -0.15) is 0 Å². The zero-order valence-electron chi connectivity index (χ0n) is 21.7. The normalized spacial score (nSPS) is 11.9. The highest BCUT2D eigenvalue weighted by molar-refractivity contribution is 5.98. The van der Waals surface area contributed by atoms with Crippen molar-refractivity contribution in [1.29, 1.82) is 0 Å². The second-order valence-electron chi connectivity index (χ2n) is 10.0. The molecule has 0 aliphatic carbocycles. The molecule has 8 nitrogen and oxygen atoms in total. The summed E-state index contributed by atoms with van der Waals surface area (Å²) < 4.78 is 12.0. The van der Waals surface area contributed by atoms with E-state index in [0.29, 0.717) is 28.3 Å². The number of nitrogens with zero attached hydrogens (tertiary/aromatic N) is 1. The first-order valence-electron chi connectivity index (χ1n) is 12.1. The van der Waals surface area contributed by atoms with Crippen molar-refractivity contribution in [3.63, 3.8) is 0 Å². The van der Waals surface area contributed by atoms with E-state index in [-0.39, 0.29) is 12.4 Å². The van der Waals surface area contributed by atoms with Crippen molar-refractivity contribution >= 4 is 28.8 Å². The number of carbonyl (C=O) groups excluding carboxylic acids is 2. The van der Waals surface area contributed by atoms with Crippen LogP contribution in [-0.4, -0.2) is 40.9 Å². The highest BCUT2D eigenvalue weighted by atomic mass is 16.5. The van der Waals surface area contributed by atoms with E-state index in [2.05, 4.69) is 19.2 Å². The second kappa shape index (κ2) is 10.5. The molecule has 8 heteroatoms. The predicted octanol–water partition coefficient (Wildman–Crippen LogP) is 5.05. The molecule has 36 heavy (non-hydrogen) atoms. The molecule has 3 rings (SSSR count). The van der Waals surface area contributed by atoms with Gasteiger partial charge in [0.05, 0.1) is 5.41 Å². The number of rotatable bonds is 10. The number of ether oxygens (including phenoxy) is 1. The molecule has 192 valence electrons. The number of hydrogen-bond donors (Lipinski definition) is 2. The zero-order valence-corrected chi connectivity index (χ0v) is 21.7. The van der Waals surface area contributed by atoms with E-state index in [9.17, 15) is 14.4 Å². The molecule has 0 atom stereocenters. The summed E-state index contributed by atoms with van der Waals surface area (Å²) in [6.07, 6.45) is 1.45. The van der Waals surface area contributed by atoms with Crippen LogP contribution in [0.4, 0.5) is 0 Å². The molecule has 0 unspecified atom stereocenters. The Bertz CT molecular complexity index is 1280. The lowest BCUT2D eigenvalue weighted by molar-refractivity contribution is -0.135. The molecule has 1 amide bonds. The Hall–Kier alpha value is -3.68. The first-order chi connectivity index (χ1) is 16.9. The lowest BCUT2D eigenvalue weighted by atomic mass is 9.75. The SMILES string of the molecule is CCC(CC)(c1ccc(OCC(=O)C(C)(C)C)c(C)c1)c1nc2ccc(C(=O)NCC(=O)O)cc2o1. The highest BCUT2D eigenvalue weighted by Gasteiger charge is 2.36. The van der Waals surface area contributed by atoms with Crippen LogP contribution in [0.15, 0.2) is 40.8 Å². The van der Waals surface area contributed by atoms with Crippen LogP contribution in [0.5, 0.6) is 5.75 Å². The van der Waals surface area contributed by atoms with Crippen LogP contribution >= 0.6 is 0 Å². The number of carboxylic acid groups (broad SMARTS) is 1. The smallest absolute Gasteiger partial charge is 0.322 e. The Morgan fingerprint density at radius 1 is 1.06 bits per heavy atom. The number of benzene rings is 2. The van der Waals surface area contributed by atoms with Gasteiger partial charge in [-0.3, -0.25) is 14.4 Å². The van der Waals surface area contributed by atoms with Gasteiger partial charge in [0.15, 0.2) is 11.4 Å².